The molecular formula is C17H22ClN3. The van der Waals surface area contributed by atoms with Crippen molar-refractivity contribution in [1.29, 1.82) is 0 Å². The van der Waals surface area contributed by atoms with Crippen molar-refractivity contribution in [2.24, 2.45) is 5.73 Å². The van der Waals surface area contributed by atoms with Crippen LogP contribution in [-0.4, -0.2) is 9.78 Å². The number of hydrogen-bond donors (Lipinski definition) is 1. The molecule has 0 saturated heterocycles. The van der Waals surface area contributed by atoms with Crippen molar-refractivity contribution in [2.45, 2.75) is 50.6 Å². The van der Waals surface area contributed by atoms with Gasteiger partial charge in [-0.3, -0.25) is 4.68 Å². The fourth-order valence-electron chi connectivity index (χ4n) is 3.42. The number of halogens is 1. The van der Waals surface area contributed by atoms with Crippen LogP contribution < -0.4 is 5.73 Å². The molecule has 1 unspecified atom stereocenters. The molecule has 1 atom stereocenters. The fraction of sp³-hybridized carbons (Fsp3) is 0.471. The van der Waals surface area contributed by atoms with Gasteiger partial charge in [-0.25, -0.2) is 0 Å². The summed E-state index contributed by atoms with van der Waals surface area (Å²) in [4.78, 5) is 0. The molecule has 2 aromatic rings. The second-order valence-corrected chi connectivity index (χ2v) is 6.68. The summed E-state index contributed by atoms with van der Waals surface area (Å²) in [5.41, 5.74) is 8.99. The smallest absolute Gasteiger partial charge is 0.0834 e. The molecule has 1 saturated carbocycles. The topological polar surface area (TPSA) is 43.8 Å². The standard InChI is InChI=1S/C17H22ClN3/c1-12(2)21-15(14(18)11-20-21)16(19)17(9-6-10-17)13-7-4-3-5-8-13/h3-5,7-8,11-12,16H,6,9-10,19H2,1-2H3. The van der Waals surface area contributed by atoms with Crippen LogP contribution in [0.2, 0.25) is 5.02 Å². The zero-order valence-corrected chi connectivity index (χ0v) is 13.3. The molecule has 1 heterocycles. The van der Waals surface area contributed by atoms with Gasteiger partial charge < -0.3 is 5.73 Å². The van der Waals surface area contributed by atoms with E-state index in [0.717, 1.165) is 18.5 Å². The highest BCUT2D eigenvalue weighted by molar-refractivity contribution is 6.31. The minimum Gasteiger partial charge on any atom is -0.322 e. The second kappa shape index (κ2) is 5.47. The largest absolute Gasteiger partial charge is 0.322 e. The molecule has 0 spiro atoms. The van der Waals surface area contributed by atoms with E-state index in [2.05, 4.69) is 43.2 Å². The molecule has 0 radical (unpaired) electrons. The van der Waals surface area contributed by atoms with Gasteiger partial charge in [-0.2, -0.15) is 5.10 Å². The Morgan fingerprint density at radius 1 is 1.24 bits per heavy atom. The number of hydrogen-bond acceptors (Lipinski definition) is 2. The zero-order valence-electron chi connectivity index (χ0n) is 12.6. The van der Waals surface area contributed by atoms with E-state index in [0.29, 0.717) is 5.02 Å². The summed E-state index contributed by atoms with van der Waals surface area (Å²) in [7, 11) is 0. The van der Waals surface area contributed by atoms with Crippen LogP contribution in [-0.2, 0) is 5.41 Å². The lowest BCUT2D eigenvalue weighted by molar-refractivity contribution is 0.188. The Morgan fingerprint density at radius 2 is 1.90 bits per heavy atom. The van der Waals surface area contributed by atoms with E-state index in [9.17, 15) is 0 Å². The molecule has 1 aliphatic carbocycles. The van der Waals surface area contributed by atoms with Crippen molar-refractivity contribution in [2.75, 3.05) is 0 Å². The maximum absolute atomic E-state index is 6.71. The Bertz CT molecular complexity index is 614. The Morgan fingerprint density at radius 3 is 2.43 bits per heavy atom. The van der Waals surface area contributed by atoms with Crippen LogP contribution in [0.1, 0.15) is 56.5 Å². The molecule has 4 heteroatoms. The van der Waals surface area contributed by atoms with Crippen LogP contribution in [0.4, 0.5) is 0 Å². The van der Waals surface area contributed by atoms with E-state index >= 15 is 0 Å². The van der Waals surface area contributed by atoms with Crippen LogP contribution in [0.5, 0.6) is 0 Å². The third kappa shape index (κ3) is 2.29. The quantitative estimate of drug-likeness (QED) is 0.918. The molecule has 0 amide bonds. The van der Waals surface area contributed by atoms with Gasteiger partial charge in [0.15, 0.2) is 0 Å². The Balaban J connectivity index is 2.05. The molecule has 3 rings (SSSR count). The lowest BCUT2D eigenvalue weighted by atomic mass is 9.59. The lowest BCUT2D eigenvalue weighted by Gasteiger charge is -2.47. The molecule has 3 nitrogen and oxygen atoms in total. The van der Waals surface area contributed by atoms with Gasteiger partial charge in [0.2, 0.25) is 0 Å². The first-order valence-corrected chi connectivity index (χ1v) is 7.98. The van der Waals surface area contributed by atoms with Crippen molar-refractivity contribution in [3.05, 3.63) is 52.8 Å². The summed E-state index contributed by atoms with van der Waals surface area (Å²) < 4.78 is 1.97. The number of nitrogens with zero attached hydrogens (tertiary/aromatic N) is 2. The number of rotatable bonds is 4. The van der Waals surface area contributed by atoms with E-state index in [1.807, 2.05) is 10.7 Å². The average Bonchev–Trinajstić information content (AvgIpc) is 2.80. The monoisotopic (exact) mass is 303 g/mol. The summed E-state index contributed by atoms with van der Waals surface area (Å²) in [6.45, 7) is 4.21. The van der Waals surface area contributed by atoms with Crippen LogP contribution in [0.25, 0.3) is 0 Å². The third-order valence-corrected chi connectivity index (χ3v) is 5.05. The van der Waals surface area contributed by atoms with Gasteiger partial charge in [0, 0.05) is 11.5 Å². The molecule has 112 valence electrons. The van der Waals surface area contributed by atoms with Crippen LogP contribution >= 0.6 is 11.6 Å². The fourth-order valence-corrected chi connectivity index (χ4v) is 3.67. The minimum atomic E-state index is -0.119. The Hall–Kier alpha value is -1.32. The third-order valence-electron chi connectivity index (χ3n) is 4.76. The lowest BCUT2D eigenvalue weighted by Crippen LogP contribution is -2.45. The van der Waals surface area contributed by atoms with Crippen molar-refractivity contribution in [1.82, 2.24) is 9.78 Å². The highest BCUT2D eigenvalue weighted by atomic mass is 35.5. The Labute approximate surface area is 131 Å². The normalized spacial score (nSPS) is 18.5. The zero-order chi connectivity index (χ0) is 15.0. The first-order chi connectivity index (χ1) is 10.1. The molecule has 1 aromatic carbocycles. The highest BCUT2D eigenvalue weighted by Crippen LogP contribution is 2.52. The van der Waals surface area contributed by atoms with Gasteiger partial charge >= 0.3 is 0 Å². The maximum Gasteiger partial charge on any atom is 0.0834 e. The van der Waals surface area contributed by atoms with E-state index in [4.69, 9.17) is 17.3 Å². The predicted octanol–water partition coefficient (Wildman–Crippen LogP) is 4.24. The van der Waals surface area contributed by atoms with Gasteiger partial charge in [-0.15, -0.1) is 0 Å². The van der Waals surface area contributed by atoms with Gasteiger partial charge in [-0.05, 0) is 32.3 Å². The second-order valence-electron chi connectivity index (χ2n) is 6.27. The molecule has 21 heavy (non-hydrogen) atoms. The summed E-state index contributed by atoms with van der Waals surface area (Å²) in [5.74, 6) is 0. The number of aromatic nitrogens is 2. The van der Waals surface area contributed by atoms with Gasteiger partial charge in [0.1, 0.15) is 0 Å². The number of nitrogens with two attached hydrogens (primary N) is 1. The molecule has 0 bridgehead atoms. The van der Waals surface area contributed by atoms with E-state index in [1.165, 1.54) is 12.0 Å². The van der Waals surface area contributed by atoms with Crippen LogP contribution in [0.3, 0.4) is 0 Å². The van der Waals surface area contributed by atoms with E-state index in [1.54, 1.807) is 6.20 Å². The first-order valence-electron chi connectivity index (χ1n) is 7.60. The van der Waals surface area contributed by atoms with Gasteiger partial charge in [0.05, 0.1) is 23.0 Å². The molecule has 1 aromatic heterocycles. The van der Waals surface area contributed by atoms with Crippen molar-refractivity contribution < 1.29 is 0 Å². The highest BCUT2D eigenvalue weighted by Gasteiger charge is 2.46. The molecule has 1 aliphatic rings. The summed E-state index contributed by atoms with van der Waals surface area (Å²) in [5, 5.41) is 5.09. The first kappa shape index (κ1) is 14.6. The molecule has 2 N–H and O–H groups in total. The molecule has 0 aliphatic heterocycles. The van der Waals surface area contributed by atoms with Crippen molar-refractivity contribution in [3.8, 4) is 0 Å². The van der Waals surface area contributed by atoms with Crippen molar-refractivity contribution >= 4 is 11.6 Å². The average molecular weight is 304 g/mol. The summed E-state index contributed by atoms with van der Waals surface area (Å²) >= 11 is 6.40. The van der Waals surface area contributed by atoms with E-state index in [-0.39, 0.29) is 17.5 Å². The Kier molecular flexibility index (Phi) is 3.80. The molecule has 1 fully saturated rings. The van der Waals surface area contributed by atoms with Crippen LogP contribution in [0, 0.1) is 0 Å². The minimum absolute atomic E-state index is 0.00241. The van der Waals surface area contributed by atoms with Gasteiger partial charge in [-0.1, -0.05) is 48.4 Å². The summed E-state index contributed by atoms with van der Waals surface area (Å²) in [6, 6.07) is 10.7. The van der Waals surface area contributed by atoms with Gasteiger partial charge in [0.25, 0.3) is 0 Å². The van der Waals surface area contributed by atoms with Crippen LogP contribution in [0.15, 0.2) is 36.5 Å². The SMILES string of the molecule is CC(C)n1ncc(Cl)c1C(N)C1(c2ccccc2)CCC1. The number of benzene rings is 1. The summed E-state index contributed by atoms with van der Waals surface area (Å²) in [6.07, 6.45) is 5.15. The predicted molar refractivity (Wildman–Crippen MR) is 86.5 cm³/mol. The van der Waals surface area contributed by atoms with Crippen molar-refractivity contribution in [3.63, 3.8) is 0 Å². The van der Waals surface area contributed by atoms with E-state index < -0.39 is 0 Å². The molecular weight excluding hydrogens is 282 g/mol. The maximum atomic E-state index is 6.71.